The van der Waals surface area contributed by atoms with E-state index in [1.807, 2.05) is 11.0 Å². The molecule has 1 saturated heterocycles. The number of alkyl halides is 1. The van der Waals surface area contributed by atoms with Crippen molar-refractivity contribution < 1.29 is 4.79 Å². The van der Waals surface area contributed by atoms with Gasteiger partial charge < -0.3 is 4.90 Å². The summed E-state index contributed by atoms with van der Waals surface area (Å²) in [6.07, 6.45) is 5.38. The van der Waals surface area contributed by atoms with Crippen molar-refractivity contribution in [3.63, 3.8) is 0 Å². The molecule has 0 radical (unpaired) electrons. The lowest BCUT2D eigenvalue weighted by atomic mass is 10.1. The second-order valence-electron chi connectivity index (χ2n) is 3.71. The van der Waals surface area contributed by atoms with Gasteiger partial charge in [0.15, 0.2) is 0 Å². The van der Waals surface area contributed by atoms with Crippen LogP contribution in [0.15, 0.2) is 24.5 Å². The Labute approximate surface area is 97.6 Å². The van der Waals surface area contributed by atoms with Crippen LogP contribution in [0.3, 0.4) is 0 Å². The molecule has 0 atom stereocenters. The van der Waals surface area contributed by atoms with Crippen molar-refractivity contribution in [3.05, 3.63) is 30.1 Å². The minimum Gasteiger partial charge on any atom is -0.339 e. The Hall–Kier alpha value is -0.900. The third-order valence-electron chi connectivity index (χ3n) is 2.62. The van der Waals surface area contributed by atoms with Crippen LogP contribution in [-0.4, -0.2) is 33.7 Å². The van der Waals surface area contributed by atoms with Gasteiger partial charge in [0.05, 0.1) is 5.56 Å². The van der Waals surface area contributed by atoms with E-state index < -0.39 is 0 Å². The summed E-state index contributed by atoms with van der Waals surface area (Å²) in [6.45, 7) is 1.67. The van der Waals surface area contributed by atoms with E-state index in [0.717, 1.165) is 25.9 Å². The van der Waals surface area contributed by atoms with Crippen LogP contribution < -0.4 is 0 Å². The second-order valence-corrected chi connectivity index (χ2v) is 5.00. The van der Waals surface area contributed by atoms with Gasteiger partial charge in [0.2, 0.25) is 0 Å². The van der Waals surface area contributed by atoms with Crippen LogP contribution in [0.1, 0.15) is 23.2 Å². The molecule has 0 saturated carbocycles. The molecule has 1 aromatic heterocycles. The Morgan fingerprint density at radius 1 is 1.47 bits per heavy atom. The number of pyridine rings is 1. The summed E-state index contributed by atoms with van der Waals surface area (Å²) in [7, 11) is 0. The van der Waals surface area contributed by atoms with Gasteiger partial charge in [-0.1, -0.05) is 15.9 Å². The zero-order chi connectivity index (χ0) is 10.7. The first-order chi connectivity index (χ1) is 7.27. The standard InChI is InChI=1S/C11H13BrN2O/c12-10-3-6-14(7-4-10)11(15)9-2-1-5-13-8-9/h1-2,5,8,10H,3-4,6-7H2. The van der Waals surface area contributed by atoms with Crippen LogP contribution in [-0.2, 0) is 0 Å². The Bertz CT molecular complexity index is 334. The Kier molecular flexibility index (Phi) is 3.36. The van der Waals surface area contributed by atoms with E-state index in [4.69, 9.17) is 0 Å². The highest BCUT2D eigenvalue weighted by atomic mass is 79.9. The van der Waals surface area contributed by atoms with Crippen LogP contribution >= 0.6 is 15.9 Å². The van der Waals surface area contributed by atoms with Gasteiger partial charge in [-0.2, -0.15) is 0 Å². The molecule has 0 aromatic carbocycles. The minimum absolute atomic E-state index is 0.0995. The molecule has 0 N–H and O–H groups in total. The van der Waals surface area contributed by atoms with Gasteiger partial charge >= 0.3 is 0 Å². The highest BCUT2D eigenvalue weighted by molar-refractivity contribution is 9.09. The molecule has 0 unspecified atom stereocenters. The van der Waals surface area contributed by atoms with E-state index >= 15 is 0 Å². The molecule has 0 bridgehead atoms. The molecule has 4 heteroatoms. The number of hydrogen-bond acceptors (Lipinski definition) is 2. The van der Waals surface area contributed by atoms with Crippen molar-refractivity contribution >= 4 is 21.8 Å². The molecule has 1 amide bonds. The predicted molar refractivity (Wildman–Crippen MR) is 62.1 cm³/mol. The first kappa shape index (κ1) is 10.6. The number of nitrogens with zero attached hydrogens (tertiary/aromatic N) is 2. The van der Waals surface area contributed by atoms with Crippen LogP contribution in [0.2, 0.25) is 0 Å². The van der Waals surface area contributed by atoms with Gasteiger partial charge in [-0.05, 0) is 25.0 Å². The molecule has 0 spiro atoms. The number of likely N-dealkylation sites (tertiary alicyclic amines) is 1. The Morgan fingerprint density at radius 3 is 2.80 bits per heavy atom. The lowest BCUT2D eigenvalue weighted by Crippen LogP contribution is -2.38. The van der Waals surface area contributed by atoms with Gasteiger partial charge in [-0.3, -0.25) is 9.78 Å². The van der Waals surface area contributed by atoms with Crippen LogP contribution in [0.25, 0.3) is 0 Å². The van der Waals surface area contributed by atoms with Crippen LogP contribution in [0, 0.1) is 0 Å². The summed E-state index contributed by atoms with van der Waals surface area (Å²) < 4.78 is 0. The zero-order valence-corrected chi connectivity index (χ0v) is 9.98. The number of aromatic nitrogens is 1. The zero-order valence-electron chi connectivity index (χ0n) is 8.40. The van der Waals surface area contributed by atoms with Crippen molar-refractivity contribution in [1.29, 1.82) is 0 Å². The molecule has 2 heterocycles. The highest BCUT2D eigenvalue weighted by Crippen LogP contribution is 2.18. The van der Waals surface area contributed by atoms with Crippen molar-refractivity contribution in [2.75, 3.05) is 13.1 Å². The first-order valence-corrected chi connectivity index (χ1v) is 6.02. The third-order valence-corrected chi connectivity index (χ3v) is 3.54. The predicted octanol–water partition coefficient (Wildman–Crippen LogP) is 2.08. The summed E-state index contributed by atoms with van der Waals surface area (Å²) >= 11 is 3.57. The summed E-state index contributed by atoms with van der Waals surface area (Å²) in [5.74, 6) is 0.0995. The summed E-state index contributed by atoms with van der Waals surface area (Å²) in [5, 5.41) is 0. The van der Waals surface area contributed by atoms with Crippen molar-refractivity contribution in [3.8, 4) is 0 Å². The van der Waals surface area contributed by atoms with E-state index in [2.05, 4.69) is 20.9 Å². The fourth-order valence-corrected chi connectivity index (χ4v) is 2.13. The lowest BCUT2D eigenvalue weighted by Gasteiger charge is -2.29. The maximum absolute atomic E-state index is 12.0. The van der Waals surface area contributed by atoms with Crippen LogP contribution in [0.5, 0.6) is 0 Å². The van der Waals surface area contributed by atoms with Crippen LogP contribution in [0.4, 0.5) is 0 Å². The summed E-state index contributed by atoms with van der Waals surface area (Å²) in [4.78, 5) is 18.4. The van der Waals surface area contributed by atoms with E-state index in [9.17, 15) is 4.79 Å². The SMILES string of the molecule is O=C(c1cccnc1)N1CCC(Br)CC1. The molecule has 3 nitrogen and oxygen atoms in total. The Balaban J connectivity index is 2.03. The smallest absolute Gasteiger partial charge is 0.255 e. The van der Waals surface area contributed by atoms with Crippen molar-refractivity contribution in [2.45, 2.75) is 17.7 Å². The largest absolute Gasteiger partial charge is 0.339 e. The van der Waals surface area contributed by atoms with Gasteiger partial charge in [0, 0.05) is 30.3 Å². The molecule has 2 rings (SSSR count). The molecule has 1 aliphatic rings. The van der Waals surface area contributed by atoms with Crippen molar-refractivity contribution in [1.82, 2.24) is 9.88 Å². The minimum atomic E-state index is 0.0995. The normalized spacial score (nSPS) is 17.8. The number of carbonyl (C=O) groups excluding carboxylic acids is 1. The number of piperidine rings is 1. The van der Waals surface area contributed by atoms with Crippen molar-refractivity contribution in [2.24, 2.45) is 0 Å². The maximum Gasteiger partial charge on any atom is 0.255 e. The number of hydrogen-bond donors (Lipinski definition) is 0. The molecule has 1 aromatic rings. The third kappa shape index (κ3) is 2.56. The van der Waals surface area contributed by atoms with Gasteiger partial charge in [0.1, 0.15) is 0 Å². The molecule has 1 aliphatic heterocycles. The fourth-order valence-electron chi connectivity index (χ4n) is 1.72. The molecular formula is C11H13BrN2O. The quantitative estimate of drug-likeness (QED) is 0.731. The topological polar surface area (TPSA) is 33.2 Å². The fraction of sp³-hybridized carbons (Fsp3) is 0.455. The van der Waals surface area contributed by atoms with Gasteiger partial charge in [-0.15, -0.1) is 0 Å². The molecule has 15 heavy (non-hydrogen) atoms. The Morgan fingerprint density at radius 2 is 2.20 bits per heavy atom. The van der Waals surface area contributed by atoms with Gasteiger partial charge in [-0.25, -0.2) is 0 Å². The average molecular weight is 269 g/mol. The lowest BCUT2D eigenvalue weighted by molar-refractivity contribution is 0.0728. The summed E-state index contributed by atoms with van der Waals surface area (Å²) in [6, 6.07) is 3.61. The maximum atomic E-state index is 12.0. The molecule has 1 fully saturated rings. The number of rotatable bonds is 1. The number of carbonyl (C=O) groups is 1. The number of amides is 1. The second kappa shape index (κ2) is 4.75. The average Bonchev–Trinajstić information content (AvgIpc) is 2.30. The van der Waals surface area contributed by atoms with E-state index in [0.29, 0.717) is 10.4 Å². The first-order valence-electron chi connectivity index (χ1n) is 5.11. The van der Waals surface area contributed by atoms with Gasteiger partial charge in [0.25, 0.3) is 5.91 Å². The molecule has 80 valence electrons. The monoisotopic (exact) mass is 268 g/mol. The highest BCUT2D eigenvalue weighted by Gasteiger charge is 2.21. The summed E-state index contributed by atoms with van der Waals surface area (Å²) in [5.41, 5.74) is 0.686. The van der Waals surface area contributed by atoms with E-state index in [1.165, 1.54) is 0 Å². The van der Waals surface area contributed by atoms with E-state index in [1.54, 1.807) is 18.5 Å². The number of halogens is 1. The molecular weight excluding hydrogens is 256 g/mol. The van der Waals surface area contributed by atoms with E-state index in [-0.39, 0.29) is 5.91 Å². The molecule has 0 aliphatic carbocycles.